The highest BCUT2D eigenvalue weighted by Gasteiger charge is 2.23. The second kappa shape index (κ2) is 9.33. The Bertz CT molecular complexity index is 1130. The summed E-state index contributed by atoms with van der Waals surface area (Å²) in [7, 11) is -2.22. The van der Waals surface area contributed by atoms with Crippen LogP contribution >= 0.6 is 11.3 Å². The van der Waals surface area contributed by atoms with Gasteiger partial charge in [-0.3, -0.25) is 9.78 Å². The van der Waals surface area contributed by atoms with Crippen LogP contribution in [0.4, 0.5) is 5.69 Å². The van der Waals surface area contributed by atoms with Crippen LogP contribution in [0.25, 0.3) is 10.6 Å². The monoisotopic (exact) mass is 446 g/mol. The molecule has 3 aromatic rings. The standard InChI is InChI=1S/C20H22N4O4S2/c1-4-24(5-2)30(26,27)15-8-9-18(28-3)16(11-15)22-19(25)17-13-29-20(23-17)14-7-6-10-21-12-14/h6-13H,4-5H2,1-3H3,(H,22,25). The van der Waals surface area contributed by atoms with Gasteiger partial charge in [-0.15, -0.1) is 11.3 Å². The molecule has 1 N–H and O–H groups in total. The molecule has 0 saturated carbocycles. The maximum Gasteiger partial charge on any atom is 0.275 e. The van der Waals surface area contributed by atoms with Crippen LogP contribution in [0, 0.1) is 0 Å². The number of carbonyl (C=O) groups excluding carboxylic acids is 1. The molecule has 0 aliphatic carbocycles. The average molecular weight is 447 g/mol. The van der Waals surface area contributed by atoms with Gasteiger partial charge in [0.25, 0.3) is 5.91 Å². The molecular weight excluding hydrogens is 424 g/mol. The molecule has 1 aromatic carbocycles. The smallest absolute Gasteiger partial charge is 0.275 e. The lowest BCUT2D eigenvalue weighted by Gasteiger charge is -2.19. The third kappa shape index (κ3) is 4.50. The second-order valence-corrected chi connectivity index (χ2v) is 8.98. The van der Waals surface area contributed by atoms with Crippen LogP contribution in [-0.4, -0.2) is 48.8 Å². The SMILES string of the molecule is CCN(CC)S(=O)(=O)c1ccc(OC)c(NC(=O)c2csc(-c3cccnc3)n2)c1. The van der Waals surface area contributed by atoms with Crippen molar-refractivity contribution in [3.8, 4) is 16.3 Å². The molecule has 1 amide bonds. The Hall–Kier alpha value is -2.82. The zero-order chi connectivity index (χ0) is 21.7. The highest BCUT2D eigenvalue weighted by atomic mass is 32.2. The first-order valence-corrected chi connectivity index (χ1v) is 11.6. The maximum atomic E-state index is 12.8. The Morgan fingerprint density at radius 1 is 1.23 bits per heavy atom. The Morgan fingerprint density at radius 3 is 2.63 bits per heavy atom. The lowest BCUT2D eigenvalue weighted by atomic mass is 10.2. The molecule has 0 spiro atoms. The van der Waals surface area contributed by atoms with Crippen LogP contribution in [0.5, 0.6) is 5.75 Å². The Kier molecular flexibility index (Phi) is 6.80. The van der Waals surface area contributed by atoms with E-state index in [1.54, 1.807) is 37.7 Å². The molecule has 3 rings (SSSR count). The van der Waals surface area contributed by atoms with Crippen molar-refractivity contribution in [1.29, 1.82) is 0 Å². The van der Waals surface area contributed by atoms with Gasteiger partial charge < -0.3 is 10.1 Å². The van der Waals surface area contributed by atoms with Gasteiger partial charge in [0, 0.05) is 36.4 Å². The number of amides is 1. The van der Waals surface area contributed by atoms with Crippen molar-refractivity contribution in [2.75, 3.05) is 25.5 Å². The third-order valence-electron chi connectivity index (χ3n) is 4.41. The summed E-state index contributed by atoms with van der Waals surface area (Å²) in [4.78, 5) is 21.2. The minimum atomic E-state index is -3.68. The molecule has 8 nitrogen and oxygen atoms in total. The number of ether oxygens (including phenoxy) is 1. The quantitative estimate of drug-likeness (QED) is 0.568. The summed E-state index contributed by atoms with van der Waals surface area (Å²) in [6.45, 7) is 4.25. The molecule has 30 heavy (non-hydrogen) atoms. The van der Waals surface area contributed by atoms with Crippen LogP contribution in [0.3, 0.4) is 0 Å². The van der Waals surface area contributed by atoms with E-state index in [0.717, 1.165) is 5.56 Å². The first-order chi connectivity index (χ1) is 14.4. The van der Waals surface area contributed by atoms with Gasteiger partial charge in [-0.1, -0.05) is 13.8 Å². The van der Waals surface area contributed by atoms with Crippen molar-refractivity contribution in [2.24, 2.45) is 0 Å². The van der Waals surface area contributed by atoms with E-state index in [4.69, 9.17) is 4.74 Å². The van der Waals surface area contributed by atoms with Gasteiger partial charge in [0.15, 0.2) is 0 Å². The van der Waals surface area contributed by atoms with Crippen LogP contribution < -0.4 is 10.1 Å². The number of thiazole rings is 1. The largest absolute Gasteiger partial charge is 0.495 e. The average Bonchev–Trinajstić information content (AvgIpc) is 3.25. The molecule has 0 bridgehead atoms. The number of rotatable bonds is 8. The fraction of sp³-hybridized carbons (Fsp3) is 0.250. The highest BCUT2D eigenvalue weighted by Crippen LogP contribution is 2.30. The van der Waals surface area contributed by atoms with E-state index < -0.39 is 15.9 Å². The minimum absolute atomic E-state index is 0.0802. The number of hydrogen-bond donors (Lipinski definition) is 1. The van der Waals surface area contributed by atoms with Crippen LogP contribution in [0.2, 0.25) is 0 Å². The fourth-order valence-corrected chi connectivity index (χ4v) is 5.12. The molecule has 2 heterocycles. The van der Waals surface area contributed by atoms with E-state index in [1.807, 2.05) is 6.07 Å². The summed E-state index contributed by atoms with van der Waals surface area (Å²) >= 11 is 1.32. The van der Waals surface area contributed by atoms with E-state index in [2.05, 4.69) is 15.3 Å². The normalized spacial score (nSPS) is 11.5. The van der Waals surface area contributed by atoms with Crippen molar-refractivity contribution >= 4 is 33.0 Å². The summed E-state index contributed by atoms with van der Waals surface area (Å²) < 4.78 is 32.3. The van der Waals surface area contributed by atoms with Crippen molar-refractivity contribution in [1.82, 2.24) is 14.3 Å². The zero-order valence-electron chi connectivity index (χ0n) is 16.8. The van der Waals surface area contributed by atoms with Gasteiger partial charge in [0.2, 0.25) is 10.0 Å². The van der Waals surface area contributed by atoms with Gasteiger partial charge in [-0.05, 0) is 30.3 Å². The number of carbonyl (C=O) groups is 1. The first-order valence-electron chi connectivity index (χ1n) is 9.26. The number of anilines is 1. The number of pyridine rings is 1. The number of nitrogens with zero attached hydrogens (tertiary/aromatic N) is 3. The molecule has 0 atom stereocenters. The topological polar surface area (TPSA) is 101 Å². The summed E-state index contributed by atoms with van der Waals surface area (Å²) in [5, 5.41) is 5.02. The van der Waals surface area contributed by atoms with E-state index in [-0.39, 0.29) is 16.3 Å². The number of methoxy groups -OCH3 is 1. The number of sulfonamides is 1. The van der Waals surface area contributed by atoms with Crippen LogP contribution in [0.15, 0.2) is 53.0 Å². The molecule has 0 aliphatic rings. The highest BCUT2D eigenvalue weighted by molar-refractivity contribution is 7.89. The molecule has 10 heteroatoms. The molecule has 0 radical (unpaired) electrons. The number of aromatic nitrogens is 2. The number of hydrogen-bond acceptors (Lipinski definition) is 7. The van der Waals surface area contributed by atoms with Crippen LogP contribution in [-0.2, 0) is 10.0 Å². The van der Waals surface area contributed by atoms with Crippen LogP contribution in [0.1, 0.15) is 24.3 Å². The molecule has 0 saturated heterocycles. The van der Waals surface area contributed by atoms with Gasteiger partial charge in [0.1, 0.15) is 16.5 Å². The molecule has 0 aliphatic heterocycles. The molecule has 0 fully saturated rings. The van der Waals surface area contributed by atoms with E-state index >= 15 is 0 Å². The predicted octanol–water partition coefficient (Wildman–Crippen LogP) is 3.50. The summed E-state index contributed by atoms with van der Waals surface area (Å²) in [5.74, 6) is -0.110. The lowest BCUT2D eigenvalue weighted by molar-refractivity contribution is 0.102. The second-order valence-electron chi connectivity index (χ2n) is 6.19. The number of benzene rings is 1. The van der Waals surface area contributed by atoms with Crippen molar-refractivity contribution in [3.63, 3.8) is 0 Å². The Morgan fingerprint density at radius 2 is 2.00 bits per heavy atom. The van der Waals surface area contributed by atoms with Crippen molar-refractivity contribution in [2.45, 2.75) is 18.7 Å². The fourth-order valence-electron chi connectivity index (χ4n) is 2.84. The molecule has 2 aromatic heterocycles. The van der Waals surface area contributed by atoms with E-state index in [1.165, 1.54) is 41.0 Å². The molecular formula is C20H22N4O4S2. The Labute approximate surface area is 179 Å². The predicted molar refractivity (Wildman–Crippen MR) is 116 cm³/mol. The first kappa shape index (κ1) is 21.9. The zero-order valence-corrected chi connectivity index (χ0v) is 18.5. The maximum absolute atomic E-state index is 12.8. The summed E-state index contributed by atoms with van der Waals surface area (Å²) in [6.07, 6.45) is 3.33. The minimum Gasteiger partial charge on any atom is -0.495 e. The molecule has 158 valence electrons. The van der Waals surface area contributed by atoms with E-state index in [0.29, 0.717) is 23.8 Å². The Balaban J connectivity index is 1.89. The van der Waals surface area contributed by atoms with Crippen molar-refractivity contribution < 1.29 is 17.9 Å². The summed E-state index contributed by atoms with van der Waals surface area (Å²) in [6, 6.07) is 8.04. The van der Waals surface area contributed by atoms with Gasteiger partial charge in [-0.2, -0.15) is 4.31 Å². The summed E-state index contributed by atoms with van der Waals surface area (Å²) in [5.41, 5.74) is 1.29. The van der Waals surface area contributed by atoms with Gasteiger partial charge >= 0.3 is 0 Å². The third-order valence-corrected chi connectivity index (χ3v) is 7.34. The molecule has 0 unspecified atom stereocenters. The van der Waals surface area contributed by atoms with E-state index in [9.17, 15) is 13.2 Å². The van der Waals surface area contributed by atoms with Gasteiger partial charge in [-0.25, -0.2) is 13.4 Å². The number of nitrogens with one attached hydrogen (secondary N) is 1. The van der Waals surface area contributed by atoms with Crippen molar-refractivity contribution in [3.05, 3.63) is 53.8 Å². The van der Waals surface area contributed by atoms with Gasteiger partial charge in [0.05, 0.1) is 17.7 Å². The lowest BCUT2D eigenvalue weighted by Crippen LogP contribution is -2.30.